The van der Waals surface area contributed by atoms with Crippen molar-refractivity contribution in [1.82, 2.24) is 0 Å². The van der Waals surface area contributed by atoms with Gasteiger partial charge in [0.25, 0.3) is 10.0 Å². The zero-order chi connectivity index (χ0) is 18.6. The summed E-state index contributed by atoms with van der Waals surface area (Å²) in [5, 5.41) is 0.600. The van der Waals surface area contributed by atoms with E-state index in [2.05, 4.69) is 6.58 Å². The van der Waals surface area contributed by atoms with Gasteiger partial charge >= 0.3 is 0 Å². The predicted molar refractivity (Wildman–Crippen MR) is 101 cm³/mol. The van der Waals surface area contributed by atoms with Crippen LogP contribution in [0, 0.1) is 0 Å². The van der Waals surface area contributed by atoms with Crippen molar-refractivity contribution >= 4 is 38.9 Å². The number of halogens is 2. The highest BCUT2D eigenvalue weighted by molar-refractivity contribution is 7.92. The molecule has 0 heterocycles. The molecule has 0 radical (unpaired) electrons. The first kappa shape index (κ1) is 19.4. The number of methoxy groups -OCH3 is 2. The van der Waals surface area contributed by atoms with Gasteiger partial charge in [0, 0.05) is 6.07 Å². The van der Waals surface area contributed by atoms with E-state index < -0.39 is 10.0 Å². The molecular weight excluding hydrogens is 385 g/mol. The molecule has 0 amide bonds. The van der Waals surface area contributed by atoms with E-state index >= 15 is 0 Å². The minimum Gasteiger partial charge on any atom is -0.493 e. The van der Waals surface area contributed by atoms with E-state index in [1.165, 1.54) is 48.9 Å². The summed E-state index contributed by atoms with van der Waals surface area (Å²) in [6.45, 7) is 3.69. The SMILES string of the molecule is C=CCN(c1ccc(Cl)c(Cl)c1)S(=O)(=O)c1ccc(OC)c(OC)c1. The van der Waals surface area contributed by atoms with Crippen LogP contribution in [-0.4, -0.2) is 29.2 Å². The van der Waals surface area contributed by atoms with Gasteiger partial charge in [0.2, 0.25) is 0 Å². The third-order valence-corrected chi connectivity index (χ3v) is 5.96. The summed E-state index contributed by atoms with van der Waals surface area (Å²) >= 11 is 11.9. The molecule has 0 atom stereocenters. The largest absolute Gasteiger partial charge is 0.493 e. The lowest BCUT2D eigenvalue weighted by Gasteiger charge is -2.24. The lowest BCUT2D eigenvalue weighted by atomic mass is 10.3. The van der Waals surface area contributed by atoms with Crippen LogP contribution in [0.3, 0.4) is 0 Å². The zero-order valence-corrected chi connectivity index (χ0v) is 16.0. The van der Waals surface area contributed by atoms with Gasteiger partial charge in [-0.05, 0) is 30.3 Å². The summed E-state index contributed by atoms with van der Waals surface area (Å²) in [5.74, 6) is 0.752. The number of ether oxygens (including phenoxy) is 2. The van der Waals surface area contributed by atoms with E-state index in [4.69, 9.17) is 32.7 Å². The maximum absolute atomic E-state index is 13.1. The van der Waals surface area contributed by atoms with E-state index in [-0.39, 0.29) is 16.5 Å². The molecule has 0 aliphatic rings. The van der Waals surface area contributed by atoms with Gasteiger partial charge in [-0.15, -0.1) is 6.58 Å². The van der Waals surface area contributed by atoms with Crippen LogP contribution in [0.15, 0.2) is 53.9 Å². The number of hydrogen-bond donors (Lipinski definition) is 0. The Morgan fingerprint density at radius 3 is 2.28 bits per heavy atom. The summed E-state index contributed by atoms with van der Waals surface area (Å²) in [7, 11) is -0.962. The Balaban J connectivity index is 2.56. The monoisotopic (exact) mass is 401 g/mol. The molecule has 0 fully saturated rings. The van der Waals surface area contributed by atoms with Crippen LogP contribution >= 0.6 is 23.2 Å². The first-order valence-corrected chi connectivity index (χ1v) is 9.35. The van der Waals surface area contributed by atoms with Crippen molar-refractivity contribution in [2.45, 2.75) is 4.90 Å². The second-order valence-corrected chi connectivity index (χ2v) is 7.62. The van der Waals surface area contributed by atoms with Crippen molar-refractivity contribution in [2.24, 2.45) is 0 Å². The number of anilines is 1. The molecule has 2 aromatic carbocycles. The lowest BCUT2D eigenvalue weighted by Crippen LogP contribution is -2.31. The molecule has 2 aromatic rings. The van der Waals surface area contributed by atoms with E-state index in [1.807, 2.05) is 0 Å². The van der Waals surface area contributed by atoms with Crippen molar-refractivity contribution in [3.63, 3.8) is 0 Å². The molecule has 0 saturated carbocycles. The minimum absolute atomic E-state index is 0.0538. The Morgan fingerprint density at radius 1 is 1.04 bits per heavy atom. The fourth-order valence-electron chi connectivity index (χ4n) is 2.20. The molecule has 134 valence electrons. The molecule has 0 saturated heterocycles. The Bertz CT molecular complexity index is 884. The molecule has 0 bridgehead atoms. The van der Waals surface area contributed by atoms with E-state index in [0.29, 0.717) is 22.2 Å². The first-order chi connectivity index (χ1) is 11.8. The van der Waals surface area contributed by atoms with Gasteiger partial charge in [0.15, 0.2) is 11.5 Å². The van der Waals surface area contributed by atoms with Crippen molar-refractivity contribution in [3.8, 4) is 11.5 Å². The molecule has 0 aliphatic carbocycles. The lowest BCUT2D eigenvalue weighted by molar-refractivity contribution is 0.354. The second-order valence-electron chi connectivity index (χ2n) is 4.94. The quantitative estimate of drug-likeness (QED) is 0.645. The summed E-state index contributed by atoms with van der Waals surface area (Å²) in [6.07, 6.45) is 1.49. The maximum atomic E-state index is 13.1. The third kappa shape index (κ3) is 4.03. The molecule has 0 aliphatic heterocycles. The fraction of sp³-hybridized carbons (Fsp3) is 0.176. The van der Waals surface area contributed by atoms with Gasteiger partial charge in [-0.3, -0.25) is 4.31 Å². The molecular formula is C17H17Cl2NO4S. The van der Waals surface area contributed by atoms with Crippen LogP contribution in [0.1, 0.15) is 0 Å². The van der Waals surface area contributed by atoms with Crippen LogP contribution < -0.4 is 13.8 Å². The number of hydrogen-bond acceptors (Lipinski definition) is 4. The number of benzene rings is 2. The average Bonchev–Trinajstić information content (AvgIpc) is 2.61. The topological polar surface area (TPSA) is 55.8 Å². The van der Waals surface area contributed by atoms with Crippen molar-refractivity contribution in [3.05, 3.63) is 59.1 Å². The number of nitrogens with zero attached hydrogens (tertiary/aromatic N) is 1. The molecule has 25 heavy (non-hydrogen) atoms. The van der Waals surface area contributed by atoms with E-state index in [9.17, 15) is 8.42 Å². The van der Waals surface area contributed by atoms with Crippen LogP contribution in [0.25, 0.3) is 0 Å². The van der Waals surface area contributed by atoms with Crippen LogP contribution in [0.2, 0.25) is 10.0 Å². The molecule has 8 heteroatoms. The highest BCUT2D eigenvalue weighted by atomic mass is 35.5. The normalized spacial score (nSPS) is 11.0. The fourth-order valence-corrected chi connectivity index (χ4v) is 3.94. The molecule has 2 rings (SSSR count). The van der Waals surface area contributed by atoms with Crippen LogP contribution in [0.5, 0.6) is 11.5 Å². The highest BCUT2D eigenvalue weighted by Gasteiger charge is 2.26. The molecule has 0 aromatic heterocycles. The molecule has 0 N–H and O–H groups in total. The maximum Gasteiger partial charge on any atom is 0.264 e. The van der Waals surface area contributed by atoms with Gasteiger partial charge in [-0.25, -0.2) is 8.42 Å². The van der Waals surface area contributed by atoms with Gasteiger partial charge in [0.1, 0.15) is 0 Å². The second kappa shape index (κ2) is 7.99. The predicted octanol–water partition coefficient (Wildman–Crippen LogP) is 4.39. The van der Waals surface area contributed by atoms with Crippen molar-refractivity contribution in [1.29, 1.82) is 0 Å². The van der Waals surface area contributed by atoms with Crippen molar-refractivity contribution in [2.75, 3.05) is 25.1 Å². The van der Waals surface area contributed by atoms with E-state index in [0.717, 1.165) is 0 Å². The number of sulfonamides is 1. The van der Waals surface area contributed by atoms with E-state index in [1.54, 1.807) is 12.1 Å². The van der Waals surface area contributed by atoms with Gasteiger partial charge in [0.05, 0.1) is 41.4 Å². The van der Waals surface area contributed by atoms with Gasteiger partial charge < -0.3 is 9.47 Å². The summed E-state index contributed by atoms with van der Waals surface area (Å²) in [6, 6.07) is 9.00. The molecule has 5 nitrogen and oxygen atoms in total. The Kier molecular flexibility index (Phi) is 6.21. The Labute approximate surface area is 157 Å². The standard InChI is InChI=1S/C17H17Cl2NO4S/c1-4-9-20(12-5-7-14(18)15(19)10-12)25(21,22)13-6-8-16(23-2)17(11-13)24-3/h4-8,10-11H,1,9H2,2-3H3. The van der Waals surface area contributed by atoms with Gasteiger partial charge in [-0.2, -0.15) is 0 Å². The Hall–Kier alpha value is -1.89. The molecule has 0 spiro atoms. The highest BCUT2D eigenvalue weighted by Crippen LogP contribution is 2.34. The van der Waals surface area contributed by atoms with Crippen LogP contribution in [-0.2, 0) is 10.0 Å². The third-order valence-electron chi connectivity index (χ3n) is 3.43. The summed E-state index contributed by atoms with van der Waals surface area (Å²) in [4.78, 5) is 0.0538. The summed E-state index contributed by atoms with van der Waals surface area (Å²) < 4.78 is 37.7. The zero-order valence-electron chi connectivity index (χ0n) is 13.7. The average molecular weight is 402 g/mol. The smallest absolute Gasteiger partial charge is 0.264 e. The van der Waals surface area contributed by atoms with Crippen LogP contribution in [0.4, 0.5) is 5.69 Å². The Morgan fingerprint density at radius 2 is 1.72 bits per heavy atom. The number of rotatable bonds is 7. The first-order valence-electron chi connectivity index (χ1n) is 7.16. The van der Waals surface area contributed by atoms with Gasteiger partial charge in [-0.1, -0.05) is 29.3 Å². The summed E-state index contributed by atoms with van der Waals surface area (Å²) in [5.41, 5.74) is 0.379. The molecule has 0 unspecified atom stereocenters. The van der Waals surface area contributed by atoms with Crippen molar-refractivity contribution < 1.29 is 17.9 Å². The minimum atomic E-state index is -3.88.